The molecule has 1 heterocycles. The van der Waals surface area contributed by atoms with E-state index in [1.54, 1.807) is 0 Å². The van der Waals surface area contributed by atoms with Crippen molar-refractivity contribution < 1.29 is 9.90 Å². The first-order valence-electron chi connectivity index (χ1n) is 10.9. The van der Waals surface area contributed by atoms with Gasteiger partial charge < -0.3 is 9.67 Å². The summed E-state index contributed by atoms with van der Waals surface area (Å²) in [5.41, 5.74) is 2.78. The van der Waals surface area contributed by atoms with Crippen molar-refractivity contribution in [3.8, 4) is 0 Å². The first-order valence-corrected chi connectivity index (χ1v) is 10.9. The van der Waals surface area contributed by atoms with Crippen LogP contribution in [0.25, 0.3) is 0 Å². The van der Waals surface area contributed by atoms with Gasteiger partial charge in [0.25, 0.3) is 0 Å². The van der Waals surface area contributed by atoms with Gasteiger partial charge in [-0.2, -0.15) is 0 Å². The second kappa shape index (κ2) is 7.49. The van der Waals surface area contributed by atoms with Crippen LogP contribution < -0.4 is 0 Å². The highest BCUT2D eigenvalue weighted by Gasteiger charge is 2.65. The Morgan fingerprint density at radius 1 is 0.875 bits per heavy atom. The van der Waals surface area contributed by atoms with Crippen LogP contribution in [-0.2, 0) is 10.3 Å². The summed E-state index contributed by atoms with van der Waals surface area (Å²) in [7, 11) is 0. The number of aliphatic carboxylic acids is 1. The minimum Gasteiger partial charge on any atom is -0.481 e. The molecule has 0 saturated heterocycles. The minimum absolute atomic E-state index is 0.0444. The molecule has 3 atom stereocenters. The Bertz CT molecular complexity index is 1140. The SMILES string of the molecule is CC1C(c2cn(C(c3ccccc3)(c3ccccc3)c3ccccc3)cn2)C1(C)C(=O)O. The fourth-order valence-electron chi connectivity index (χ4n) is 5.29. The second-order valence-electron chi connectivity index (χ2n) is 8.87. The third kappa shape index (κ3) is 2.83. The number of carboxylic acid groups (broad SMARTS) is 1. The Morgan fingerprint density at radius 3 is 1.69 bits per heavy atom. The van der Waals surface area contributed by atoms with Crippen molar-refractivity contribution in [1.82, 2.24) is 9.55 Å². The molecule has 0 bridgehead atoms. The molecule has 4 heteroatoms. The zero-order valence-corrected chi connectivity index (χ0v) is 18.2. The molecule has 1 N–H and O–H groups in total. The highest BCUT2D eigenvalue weighted by molar-refractivity contribution is 5.80. The number of nitrogens with zero attached hydrogens (tertiary/aromatic N) is 2. The standard InChI is InChI=1S/C28H26N2O2/c1-20-25(27(20,2)26(31)32)24-18-30(19-29-24)28(21-12-6-3-7-13-21,22-14-8-4-9-15-22)23-16-10-5-11-17-23/h3-20,25H,1-2H3,(H,31,32). The third-order valence-electron chi connectivity index (χ3n) is 7.33. The fraction of sp³-hybridized carbons (Fsp3) is 0.214. The van der Waals surface area contributed by atoms with E-state index >= 15 is 0 Å². The van der Waals surface area contributed by atoms with Crippen LogP contribution in [0.2, 0.25) is 0 Å². The molecule has 1 aromatic heterocycles. The lowest BCUT2D eigenvalue weighted by atomic mass is 9.77. The lowest BCUT2D eigenvalue weighted by molar-refractivity contribution is -0.143. The van der Waals surface area contributed by atoms with E-state index < -0.39 is 16.9 Å². The second-order valence-corrected chi connectivity index (χ2v) is 8.87. The van der Waals surface area contributed by atoms with Crippen LogP contribution in [0.3, 0.4) is 0 Å². The van der Waals surface area contributed by atoms with Gasteiger partial charge in [0.1, 0.15) is 5.54 Å². The number of benzene rings is 3. The normalized spacial score (nSPS) is 22.4. The number of rotatable bonds is 6. The number of carbonyl (C=O) groups is 1. The van der Waals surface area contributed by atoms with Gasteiger partial charge in [-0.15, -0.1) is 0 Å². The van der Waals surface area contributed by atoms with Crippen molar-refractivity contribution in [1.29, 1.82) is 0 Å². The number of imidazole rings is 1. The molecule has 0 spiro atoms. The van der Waals surface area contributed by atoms with E-state index in [-0.39, 0.29) is 11.8 Å². The average molecular weight is 423 g/mol. The van der Waals surface area contributed by atoms with E-state index in [1.165, 1.54) is 0 Å². The Kier molecular flexibility index (Phi) is 4.74. The number of hydrogen-bond acceptors (Lipinski definition) is 2. The number of carboxylic acids is 1. The number of hydrogen-bond donors (Lipinski definition) is 1. The predicted octanol–water partition coefficient (Wildman–Crippen LogP) is 5.55. The van der Waals surface area contributed by atoms with Gasteiger partial charge in [-0.3, -0.25) is 4.79 Å². The Morgan fingerprint density at radius 2 is 1.31 bits per heavy atom. The first kappa shape index (κ1) is 20.3. The molecule has 0 amide bonds. The average Bonchev–Trinajstić information content (AvgIpc) is 3.15. The van der Waals surface area contributed by atoms with E-state index in [1.807, 2.05) is 44.6 Å². The molecule has 1 aliphatic rings. The summed E-state index contributed by atoms with van der Waals surface area (Å²) in [6.45, 7) is 3.82. The van der Waals surface area contributed by atoms with Crippen LogP contribution in [0.5, 0.6) is 0 Å². The molecule has 3 unspecified atom stereocenters. The van der Waals surface area contributed by atoms with Crippen molar-refractivity contribution in [2.45, 2.75) is 25.3 Å². The van der Waals surface area contributed by atoms with E-state index in [0.29, 0.717) is 0 Å². The predicted molar refractivity (Wildman–Crippen MR) is 124 cm³/mol. The Balaban J connectivity index is 1.76. The molecule has 1 fully saturated rings. The maximum atomic E-state index is 11.9. The Labute approximate surface area is 188 Å². The molecular weight excluding hydrogens is 396 g/mol. The Hall–Kier alpha value is -3.66. The van der Waals surface area contributed by atoms with Crippen LogP contribution in [0.1, 0.15) is 42.1 Å². The van der Waals surface area contributed by atoms with E-state index in [9.17, 15) is 9.90 Å². The molecule has 1 saturated carbocycles. The lowest BCUT2D eigenvalue weighted by Gasteiger charge is -2.37. The lowest BCUT2D eigenvalue weighted by Crippen LogP contribution is -2.36. The van der Waals surface area contributed by atoms with Crippen LogP contribution in [0.4, 0.5) is 0 Å². The summed E-state index contributed by atoms with van der Waals surface area (Å²) in [6.07, 6.45) is 3.90. The van der Waals surface area contributed by atoms with Crippen LogP contribution in [0.15, 0.2) is 104 Å². The molecule has 1 aliphatic carbocycles. The molecule has 4 aromatic rings. The maximum absolute atomic E-state index is 11.9. The van der Waals surface area contributed by atoms with Crippen LogP contribution >= 0.6 is 0 Å². The highest BCUT2D eigenvalue weighted by Crippen LogP contribution is 2.64. The first-order chi connectivity index (χ1) is 15.5. The van der Waals surface area contributed by atoms with E-state index in [0.717, 1.165) is 22.4 Å². The van der Waals surface area contributed by atoms with Gasteiger partial charge in [-0.1, -0.05) is 97.9 Å². The van der Waals surface area contributed by atoms with Crippen LogP contribution in [0, 0.1) is 11.3 Å². The summed E-state index contributed by atoms with van der Waals surface area (Å²) in [5, 5.41) is 9.78. The molecule has 0 radical (unpaired) electrons. The summed E-state index contributed by atoms with van der Waals surface area (Å²) < 4.78 is 2.15. The molecule has 160 valence electrons. The summed E-state index contributed by atoms with van der Waals surface area (Å²) in [4.78, 5) is 16.7. The zero-order chi connectivity index (χ0) is 22.3. The van der Waals surface area contributed by atoms with Gasteiger partial charge in [0, 0.05) is 12.1 Å². The molecule has 3 aromatic carbocycles. The third-order valence-corrected chi connectivity index (χ3v) is 7.33. The highest BCUT2D eigenvalue weighted by atomic mass is 16.4. The smallest absolute Gasteiger partial charge is 0.310 e. The summed E-state index contributed by atoms with van der Waals surface area (Å²) in [5.74, 6) is -0.811. The number of aromatic nitrogens is 2. The molecule has 0 aliphatic heterocycles. The zero-order valence-electron chi connectivity index (χ0n) is 18.2. The van der Waals surface area contributed by atoms with Crippen LogP contribution in [-0.4, -0.2) is 20.6 Å². The van der Waals surface area contributed by atoms with Gasteiger partial charge in [0.2, 0.25) is 0 Å². The summed E-state index contributed by atoms with van der Waals surface area (Å²) >= 11 is 0. The summed E-state index contributed by atoms with van der Waals surface area (Å²) in [6, 6.07) is 31.2. The largest absolute Gasteiger partial charge is 0.481 e. The van der Waals surface area contributed by atoms with E-state index in [4.69, 9.17) is 4.98 Å². The van der Waals surface area contributed by atoms with E-state index in [2.05, 4.69) is 77.4 Å². The molecule has 4 nitrogen and oxygen atoms in total. The van der Waals surface area contributed by atoms with Crippen molar-refractivity contribution >= 4 is 5.97 Å². The van der Waals surface area contributed by atoms with Crippen molar-refractivity contribution in [2.24, 2.45) is 11.3 Å². The van der Waals surface area contributed by atoms with Crippen molar-refractivity contribution in [3.63, 3.8) is 0 Å². The molecular formula is C28H26N2O2. The van der Waals surface area contributed by atoms with Gasteiger partial charge in [0.05, 0.1) is 17.4 Å². The van der Waals surface area contributed by atoms with Gasteiger partial charge >= 0.3 is 5.97 Å². The van der Waals surface area contributed by atoms with Gasteiger partial charge in [-0.25, -0.2) is 4.98 Å². The van der Waals surface area contributed by atoms with Gasteiger partial charge in [0.15, 0.2) is 0 Å². The maximum Gasteiger partial charge on any atom is 0.310 e. The molecule has 5 rings (SSSR count). The fourth-order valence-corrected chi connectivity index (χ4v) is 5.29. The van der Waals surface area contributed by atoms with Crippen molar-refractivity contribution in [3.05, 3.63) is 126 Å². The monoisotopic (exact) mass is 422 g/mol. The van der Waals surface area contributed by atoms with Gasteiger partial charge in [-0.05, 0) is 29.5 Å². The quantitative estimate of drug-likeness (QED) is 0.415. The van der Waals surface area contributed by atoms with Crippen molar-refractivity contribution in [2.75, 3.05) is 0 Å². The molecule has 32 heavy (non-hydrogen) atoms. The topological polar surface area (TPSA) is 55.1 Å². The minimum atomic E-state index is -0.770.